The Kier molecular flexibility index (Phi) is 4.42. The Morgan fingerprint density at radius 1 is 1.40 bits per heavy atom. The Bertz CT molecular complexity index is 488. The summed E-state index contributed by atoms with van der Waals surface area (Å²) in [7, 11) is 0. The van der Waals surface area contributed by atoms with E-state index in [0.717, 1.165) is 12.8 Å². The number of carbonyl (C=O) groups is 2. The number of piperidine rings is 1. The molecule has 1 amide bonds. The maximum Gasteiger partial charge on any atom is 0.303 e. The van der Waals surface area contributed by atoms with Gasteiger partial charge in [-0.1, -0.05) is 0 Å². The molecule has 0 aliphatic carbocycles. The minimum atomic E-state index is -0.759. The number of carboxylic acid groups (broad SMARTS) is 1. The summed E-state index contributed by atoms with van der Waals surface area (Å²) in [4.78, 5) is 24.7. The Morgan fingerprint density at radius 2 is 2.05 bits per heavy atom. The number of rotatable bonds is 4. The molecule has 1 aromatic heterocycles. The van der Waals surface area contributed by atoms with Gasteiger partial charge in [0.05, 0.1) is 0 Å². The van der Waals surface area contributed by atoms with Crippen LogP contribution in [0.5, 0.6) is 0 Å². The van der Waals surface area contributed by atoms with Crippen LogP contribution in [0.3, 0.4) is 0 Å². The summed E-state index contributed by atoms with van der Waals surface area (Å²) >= 11 is 0. The second-order valence-corrected chi connectivity index (χ2v) is 5.61. The second kappa shape index (κ2) is 6.07. The molecule has 6 heteroatoms. The highest BCUT2D eigenvalue weighted by atomic mass is 16.4. The average Bonchev–Trinajstić information content (AvgIpc) is 2.88. The molecule has 1 fully saturated rings. The maximum absolute atomic E-state index is 12.3. The molecule has 110 valence electrons. The predicted molar refractivity (Wildman–Crippen MR) is 73.5 cm³/mol. The molecule has 1 aromatic rings. The fourth-order valence-electron chi connectivity index (χ4n) is 2.49. The van der Waals surface area contributed by atoms with Gasteiger partial charge in [0, 0.05) is 31.7 Å². The molecule has 2 rings (SSSR count). The van der Waals surface area contributed by atoms with E-state index in [9.17, 15) is 9.59 Å². The number of carboxylic acids is 1. The van der Waals surface area contributed by atoms with Crippen molar-refractivity contribution in [3.63, 3.8) is 0 Å². The van der Waals surface area contributed by atoms with Gasteiger partial charge in [-0.15, -0.1) is 0 Å². The van der Waals surface area contributed by atoms with Gasteiger partial charge in [0.2, 0.25) is 0 Å². The van der Waals surface area contributed by atoms with Gasteiger partial charge in [0.15, 0.2) is 0 Å². The van der Waals surface area contributed by atoms with Gasteiger partial charge < -0.3 is 10.0 Å². The Morgan fingerprint density at radius 3 is 2.55 bits per heavy atom. The summed E-state index contributed by atoms with van der Waals surface area (Å²) < 4.78 is 1.77. The zero-order valence-corrected chi connectivity index (χ0v) is 12.0. The van der Waals surface area contributed by atoms with Gasteiger partial charge in [-0.25, -0.2) is 0 Å². The Hall–Kier alpha value is -1.85. The van der Waals surface area contributed by atoms with Crippen molar-refractivity contribution in [1.82, 2.24) is 14.7 Å². The first-order valence-electron chi connectivity index (χ1n) is 7.03. The highest BCUT2D eigenvalue weighted by Crippen LogP contribution is 2.21. The van der Waals surface area contributed by atoms with Crippen molar-refractivity contribution in [3.05, 3.63) is 18.0 Å². The van der Waals surface area contributed by atoms with Gasteiger partial charge in [-0.05, 0) is 38.7 Å². The fourth-order valence-corrected chi connectivity index (χ4v) is 2.49. The van der Waals surface area contributed by atoms with Crippen molar-refractivity contribution in [2.24, 2.45) is 5.92 Å². The largest absolute Gasteiger partial charge is 0.481 e. The van der Waals surface area contributed by atoms with Gasteiger partial charge in [-0.3, -0.25) is 14.3 Å². The van der Waals surface area contributed by atoms with Crippen molar-refractivity contribution < 1.29 is 14.7 Å². The minimum absolute atomic E-state index is 0.0572. The normalized spacial score (nSPS) is 16.6. The first-order valence-corrected chi connectivity index (χ1v) is 7.03. The molecule has 0 bridgehead atoms. The lowest BCUT2D eigenvalue weighted by Crippen LogP contribution is -2.39. The molecule has 2 heterocycles. The highest BCUT2D eigenvalue weighted by molar-refractivity contribution is 5.92. The molecule has 0 saturated carbocycles. The number of hydrogen-bond acceptors (Lipinski definition) is 3. The van der Waals surface area contributed by atoms with Crippen LogP contribution < -0.4 is 0 Å². The van der Waals surface area contributed by atoms with Crippen LogP contribution in [0.15, 0.2) is 12.3 Å². The van der Waals surface area contributed by atoms with Crippen molar-refractivity contribution >= 4 is 11.9 Å². The third-order valence-corrected chi connectivity index (χ3v) is 3.72. The number of aromatic nitrogens is 2. The first kappa shape index (κ1) is 14.6. The number of nitrogens with zero attached hydrogens (tertiary/aromatic N) is 3. The van der Waals surface area contributed by atoms with Gasteiger partial charge in [0.1, 0.15) is 5.69 Å². The number of likely N-dealkylation sites (tertiary alicyclic amines) is 1. The molecule has 1 saturated heterocycles. The van der Waals surface area contributed by atoms with Gasteiger partial charge in [0.25, 0.3) is 5.91 Å². The van der Waals surface area contributed by atoms with Crippen LogP contribution >= 0.6 is 0 Å². The van der Waals surface area contributed by atoms with Crippen molar-refractivity contribution in [2.45, 2.75) is 39.2 Å². The second-order valence-electron chi connectivity index (χ2n) is 5.61. The van der Waals surface area contributed by atoms with Crippen LogP contribution in [0.25, 0.3) is 0 Å². The van der Waals surface area contributed by atoms with E-state index in [1.807, 2.05) is 20.0 Å². The molecule has 20 heavy (non-hydrogen) atoms. The summed E-state index contributed by atoms with van der Waals surface area (Å²) in [6.07, 6.45) is 3.52. The zero-order valence-electron chi connectivity index (χ0n) is 12.0. The smallest absolute Gasteiger partial charge is 0.303 e. The van der Waals surface area contributed by atoms with Crippen LogP contribution in [-0.2, 0) is 4.79 Å². The number of amides is 1. The standard InChI is InChI=1S/C14H21N3O3/c1-10(2)17-8-5-12(15-17)14(20)16-6-3-11(4-7-16)9-13(18)19/h5,8,10-11H,3-4,6-7,9H2,1-2H3,(H,18,19). The molecule has 6 nitrogen and oxygen atoms in total. The topological polar surface area (TPSA) is 75.4 Å². The zero-order chi connectivity index (χ0) is 14.7. The van der Waals surface area contributed by atoms with E-state index in [0.29, 0.717) is 18.8 Å². The summed E-state index contributed by atoms with van der Waals surface area (Å²) in [6, 6.07) is 1.98. The van der Waals surface area contributed by atoms with E-state index in [4.69, 9.17) is 5.11 Å². The third kappa shape index (κ3) is 3.37. The SMILES string of the molecule is CC(C)n1ccc(C(=O)N2CCC(CC(=O)O)CC2)n1. The summed E-state index contributed by atoms with van der Waals surface area (Å²) in [6.45, 7) is 5.26. The Labute approximate surface area is 118 Å². The summed E-state index contributed by atoms with van der Waals surface area (Å²) in [5.41, 5.74) is 0.468. The lowest BCUT2D eigenvalue weighted by Gasteiger charge is -2.30. The average molecular weight is 279 g/mol. The minimum Gasteiger partial charge on any atom is -0.481 e. The molecule has 1 aliphatic heterocycles. The number of aliphatic carboxylic acids is 1. The van der Waals surface area contributed by atoms with E-state index in [-0.39, 0.29) is 24.3 Å². The first-order chi connectivity index (χ1) is 9.47. The van der Waals surface area contributed by atoms with Crippen molar-refractivity contribution in [2.75, 3.05) is 13.1 Å². The molecular weight excluding hydrogens is 258 g/mol. The molecular formula is C14H21N3O3. The van der Waals surface area contributed by atoms with Crippen molar-refractivity contribution in [1.29, 1.82) is 0 Å². The Balaban J connectivity index is 1.92. The molecule has 1 N–H and O–H groups in total. The highest BCUT2D eigenvalue weighted by Gasteiger charge is 2.26. The molecule has 0 unspecified atom stereocenters. The van der Waals surface area contributed by atoms with Crippen LogP contribution in [0.4, 0.5) is 0 Å². The van der Waals surface area contributed by atoms with E-state index >= 15 is 0 Å². The fraction of sp³-hybridized carbons (Fsp3) is 0.643. The summed E-state index contributed by atoms with van der Waals surface area (Å²) in [5.74, 6) is -0.631. The number of carbonyl (C=O) groups excluding carboxylic acids is 1. The maximum atomic E-state index is 12.3. The molecule has 0 atom stereocenters. The monoisotopic (exact) mass is 279 g/mol. The van der Waals surface area contributed by atoms with Crippen LogP contribution in [-0.4, -0.2) is 44.8 Å². The molecule has 0 radical (unpaired) electrons. The van der Waals surface area contributed by atoms with E-state index in [1.54, 1.807) is 15.6 Å². The number of hydrogen-bond donors (Lipinski definition) is 1. The predicted octanol–water partition coefficient (Wildman–Crippen LogP) is 1.79. The molecule has 0 aromatic carbocycles. The van der Waals surface area contributed by atoms with Crippen LogP contribution in [0.1, 0.15) is 49.6 Å². The quantitative estimate of drug-likeness (QED) is 0.911. The lowest BCUT2D eigenvalue weighted by atomic mass is 9.93. The van der Waals surface area contributed by atoms with Crippen LogP contribution in [0.2, 0.25) is 0 Å². The van der Waals surface area contributed by atoms with E-state index in [1.165, 1.54) is 0 Å². The van der Waals surface area contributed by atoms with Crippen molar-refractivity contribution in [3.8, 4) is 0 Å². The van der Waals surface area contributed by atoms with Gasteiger partial charge in [-0.2, -0.15) is 5.10 Å². The van der Waals surface area contributed by atoms with E-state index < -0.39 is 5.97 Å². The molecule has 0 spiro atoms. The lowest BCUT2D eigenvalue weighted by molar-refractivity contribution is -0.138. The van der Waals surface area contributed by atoms with Gasteiger partial charge >= 0.3 is 5.97 Å². The molecule has 1 aliphatic rings. The van der Waals surface area contributed by atoms with Crippen LogP contribution in [0, 0.1) is 5.92 Å². The third-order valence-electron chi connectivity index (χ3n) is 3.72. The summed E-state index contributed by atoms with van der Waals surface area (Å²) in [5, 5.41) is 13.1. The van der Waals surface area contributed by atoms with E-state index in [2.05, 4.69) is 5.10 Å².